The maximum Gasteiger partial charge on any atom is 0.221 e. The van der Waals surface area contributed by atoms with Crippen LogP contribution in [0.4, 0.5) is 0 Å². The summed E-state index contributed by atoms with van der Waals surface area (Å²) in [5.74, 6) is 1.60. The molecule has 0 aliphatic rings. The lowest BCUT2D eigenvalue weighted by atomic mass is 10.1. The van der Waals surface area contributed by atoms with Crippen molar-refractivity contribution in [2.24, 2.45) is 0 Å². The smallest absolute Gasteiger partial charge is 0.221 e. The van der Waals surface area contributed by atoms with E-state index in [9.17, 15) is 4.79 Å². The van der Waals surface area contributed by atoms with Crippen LogP contribution in [0, 0.1) is 0 Å². The first kappa shape index (κ1) is 17.8. The number of ether oxygens (including phenoxy) is 2. The average Bonchev–Trinajstić information content (AvgIpc) is 2.46. The van der Waals surface area contributed by atoms with Crippen molar-refractivity contribution in [3.63, 3.8) is 0 Å². The molecule has 0 spiro atoms. The molecule has 0 aliphatic heterocycles. The molecule has 0 radical (unpaired) electrons. The summed E-state index contributed by atoms with van der Waals surface area (Å²) >= 11 is 3.43. The number of amides is 1. The SMILES string of the molecule is COc1cc(CCNC(=O)CCN(C)C)c(OC)cc1Br. The lowest BCUT2D eigenvalue weighted by molar-refractivity contribution is -0.121. The van der Waals surface area contributed by atoms with Crippen molar-refractivity contribution < 1.29 is 14.3 Å². The molecule has 0 aromatic heterocycles. The van der Waals surface area contributed by atoms with Crippen molar-refractivity contribution in [3.8, 4) is 11.5 Å². The van der Waals surface area contributed by atoms with Gasteiger partial charge in [-0.2, -0.15) is 0 Å². The summed E-state index contributed by atoms with van der Waals surface area (Å²) < 4.78 is 11.5. The fourth-order valence-electron chi connectivity index (χ4n) is 1.87. The highest BCUT2D eigenvalue weighted by molar-refractivity contribution is 9.10. The summed E-state index contributed by atoms with van der Waals surface area (Å²) in [5, 5.41) is 2.92. The molecule has 1 aromatic rings. The van der Waals surface area contributed by atoms with Crippen LogP contribution in [0.25, 0.3) is 0 Å². The summed E-state index contributed by atoms with van der Waals surface area (Å²) in [6.45, 7) is 1.33. The molecule has 21 heavy (non-hydrogen) atoms. The second kappa shape index (κ2) is 8.89. The Hall–Kier alpha value is -1.27. The number of methoxy groups -OCH3 is 2. The van der Waals surface area contributed by atoms with E-state index < -0.39 is 0 Å². The molecule has 0 bridgehead atoms. The van der Waals surface area contributed by atoms with E-state index in [2.05, 4.69) is 21.2 Å². The van der Waals surface area contributed by atoms with Gasteiger partial charge in [0.1, 0.15) is 11.5 Å². The number of hydrogen-bond donors (Lipinski definition) is 1. The van der Waals surface area contributed by atoms with Gasteiger partial charge in [0.25, 0.3) is 0 Å². The molecule has 1 amide bonds. The van der Waals surface area contributed by atoms with E-state index in [1.807, 2.05) is 31.1 Å². The predicted octanol–water partition coefficient (Wildman–Crippen LogP) is 2.08. The molecular weight excluding hydrogens is 336 g/mol. The van der Waals surface area contributed by atoms with Crippen LogP contribution in [0.15, 0.2) is 16.6 Å². The van der Waals surface area contributed by atoms with E-state index in [1.54, 1.807) is 14.2 Å². The van der Waals surface area contributed by atoms with Gasteiger partial charge in [-0.25, -0.2) is 0 Å². The number of nitrogens with zero attached hydrogens (tertiary/aromatic N) is 1. The van der Waals surface area contributed by atoms with Gasteiger partial charge in [-0.15, -0.1) is 0 Å². The van der Waals surface area contributed by atoms with Crippen molar-refractivity contribution in [3.05, 3.63) is 22.2 Å². The Labute approximate surface area is 134 Å². The van der Waals surface area contributed by atoms with Gasteiger partial charge in [0, 0.05) is 19.5 Å². The third kappa shape index (κ3) is 5.93. The first-order valence-corrected chi connectivity index (χ1v) is 7.59. The fourth-order valence-corrected chi connectivity index (χ4v) is 2.35. The number of rotatable bonds is 8. The Bertz CT molecular complexity index is 478. The Morgan fingerprint density at radius 3 is 2.48 bits per heavy atom. The molecule has 1 aromatic carbocycles. The van der Waals surface area contributed by atoms with Crippen molar-refractivity contribution >= 4 is 21.8 Å². The normalized spacial score (nSPS) is 10.6. The molecule has 118 valence electrons. The van der Waals surface area contributed by atoms with E-state index in [4.69, 9.17) is 9.47 Å². The second-order valence-electron chi connectivity index (χ2n) is 4.95. The van der Waals surface area contributed by atoms with E-state index in [1.165, 1.54) is 0 Å². The summed E-state index contributed by atoms with van der Waals surface area (Å²) in [4.78, 5) is 13.7. The number of halogens is 1. The Balaban J connectivity index is 2.56. The predicted molar refractivity (Wildman–Crippen MR) is 87.1 cm³/mol. The maximum absolute atomic E-state index is 11.7. The quantitative estimate of drug-likeness (QED) is 0.772. The molecule has 6 heteroatoms. The highest BCUT2D eigenvalue weighted by atomic mass is 79.9. The fraction of sp³-hybridized carbons (Fsp3) is 0.533. The summed E-state index contributed by atoms with van der Waals surface area (Å²) in [7, 11) is 7.16. The third-order valence-electron chi connectivity index (χ3n) is 3.06. The Kier molecular flexibility index (Phi) is 7.53. The number of carbonyl (C=O) groups excluding carboxylic acids is 1. The lowest BCUT2D eigenvalue weighted by Gasteiger charge is -2.13. The zero-order valence-corrected chi connectivity index (χ0v) is 14.6. The van der Waals surface area contributed by atoms with Gasteiger partial charge in [0.2, 0.25) is 5.91 Å². The van der Waals surface area contributed by atoms with Crippen molar-refractivity contribution in [1.82, 2.24) is 10.2 Å². The third-order valence-corrected chi connectivity index (χ3v) is 3.68. The monoisotopic (exact) mass is 358 g/mol. The van der Waals surface area contributed by atoms with Gasteiger partial charge in [0.05, 0.1) is 18.7 Å². The van der Waals surface area contributed by atoms with Gasteiger partial charge in [-0.1, -0.05) is 0 Å². The van der Waals surface area contributed by atoms with Gasteiger partial charge in [0.15, 0.2) is 0 Å². The van der Waals surface area contributed by atoms with Crippen LogP contribution in [-0.4, -0.2) is 52.2 Å². The first-order valence-electron chi connectivity index (χ1n) is 6.79. The topological polar surface area (TPSA) is 50.8 Å². The van der Waals surface area contributed by atoms with Gasteiger partial charge in [-0.3, -0.25) is 4.79 Å². The molecule has 0 heterocycles. The van der Waals surface area contributed by atoms with E-state index in [0.29, 0.717) is 19.4 Å². The number of hydrogen-bond acceptors (Lipinski definition) is 4. The second-order valence-corrected chi connectivity index (χ2v) is 5.81. The molecule has 0 fully saturated rings. The van der Waals surface area contributed by atoms with Gasteiger partial charge < -0.3 is 19.7 Å². The van der Waals surface area contributed by atoms with Crippen LogP contribution >= 0.6 is 15.9 Å². The van der Waals surface area contributed by atoms with Crippen LogP contribution in [-0.2, 0) is 11.2 Å². The van der Waals surface area contributed by atoms with Crippen LogP contribution < -0.4 is 14.8 Å². The van der Waals surface area contributed by atoms with Crippen molar-refractivity contribution in [2.45, 2.75) is 12.8 Å². The zero-order chi connectivity index (χ0) is 15.8. The minimum absolute atomic E-state index is 0.0618. The van der Waals surface area contributed by atoms with Crippen LogP contribution in [0.1, 0.15) is 12.0 Å². The van der Waals surface area contributed by atoms with Gasteiger partial charge in [-0.05, 0) is 54.1 Å². The minimum Gasteiger partial charge on any atom is -0.496 e. The highest BCUT2D eigenvalue weighted by Gasteiger charge is 2.10. The zero-order valence-electron chi connectivity index (χ0n) is 13.0. The highest BCUT2D eigenvalue weighted by Crippen LogP contribution is 2.32. The minimum atomic E-state index is 0.0618. The molecular formula is C15H23BrN2O3. The molecule has 0 unspecified atom stereocenters. The number of benzene rings is 1. The summed E-state index contributed by atoms with van der Waals surface area (Å²) in [6, 6.07) is 3.80. The average molecular weight is 359 g/mol. The Morgan fingerprint density at radius 1 is 1.24 bits per heavy atom. The largest absolute Gasteiger partial charge is 0.496 e. The molecule has 1 rings (SSSR count). The molecule has 5 nitrogen and oxygen atoms in total. The molecule has 0 atom stereocenters. The van der Waals surface area contributed by atoms with Gasteiger partial charge >= 0.3 is 0 Å². The Morgan fingerprint density at radius 2 is 1.90 bits per heavy atom. The van der Waals surface area contributed by atoms with Crippen molar-refractivity contribution in [2.75, 3.05) is 41.4 Å². The maximum atomic E-state index is 11.7. The van der Waals surface area contributed by atoms with Crippen molar-refractivity contribution in [1.29, 1.82) is 0 Å². The lowest BCUT2D eigenvalue weighted by Crippen LogP contribution is -2.29. The van der Waals surface area contributed by atoms with E-state index in [0.717, 1.165) is 28.1 Å². The van der Waals surface area contributed by atoms with E-state index >= 15 is 0 Å². The van der Waals surface area contributed by atoms with Crippen LogP contribution in [0.3, 0.4) is 0 Å². The molecule has 1 N–H and O–H groups in total. The van der Waals surface area contributed by atoms with E-state index in [-0.39, 0.29) is 5.91 Å². The first-order chi connectivity index (χ1) is 9.97. The van der Waals surface area contributed by atoms with Crippen LogP contribution in [0.2, 0.25) is 0 Å². The molecule has 0 saturated carbocycles. The molecule has 0 aliphatic carbocycles. The summed E-state index contributed by atoms with van der Waals surface area (Å²) in [6.07, 6.45) is 1.20. The standard InChI is InChI=1S/C15H23BrN2O3/c1-18(2)8-6-15(19)17-7-5-11-9-14(21-4)12(16)10-13(11)20-3/h9-10H,5-8H2,1-4H3,(H,17,19). The van der Waals surface area contributed by atoms with Crippen LogP contribution in [0.5, 0.6) is 11.5 Å². The summed E-state index contributed by atoms with van der Waals surface area (Å²) in [5.41, 5.74) is 1.01. The number of nitrogens with one attached hydrogen (secondary N) is 1. The molecule has 0 saturated heterocycles. The number of carbonyl (C=O) groups is 1.